The average Bonchev–Trinajstić information content (AvgIpc) is 2.76. The highest BCUT2D eigenvalue weighted by Gasteiger charge is 2.14. The SMILES string of the molecule is CCc1cc2c(=O)n(CC(=O)O)nc(N(C)C)n2c1. The van der Waals surface area contributed by atoms with Gasteiger partial charge in [0.15, 0.2) is 0 Å². The van der Waals surface area contributed by atoms with E-state index in [0.717, 1.165) is 16.7 Å². The van der Waals surface area contributed by atoms with Gasteiger partial charge in [-0.3, -0.25) is 14.0 Å². The Morgan fingerprint density at radius 1 is 1.47 bits per heavy atom. The predicted molar refractivity (Wildman–Crippen MR) is 70.8 cm³/mol. The maximum absolute atomic E-state index is 12.2. The molecule has 0 bridgehead atoms. The molecule has 0 atom stereocenters. The number of hydrogen-bond donors (Lipinski definition) is 1. The normalized spacial score (nSPS) is 10.9. The van der Waals surface area contributed by atoms with Crippen LogP contribution in [0.3, 0.4) is 0 Å². The van der Waals surface area contributed by atoms with Crippen molar-refractivity contribution >= 4 is 17.4 Å². The molecule has 2 aromatic heterocycles. The third kappa shape index (κ3) is 2.31. The van der Waals surface area contributed by atoms with Crippen molar-refractivity contribution in [2.24, 2.45) is 0 Å². The van der Waals surface area contributed by atoms with E-state index in [0.29, 0.717) is 11.5 Å². The summed E-state index contributed by atoms with van der Waals surface area (Å²) in [6, 6.07) is 1.77. The first-order valence-corrected chi connectivity index (χ1v) is 5.95. The van der Waals surface area contributed by atoms with E-state index < -0.39 is 18.1 Å². The number of anilines is 1. The van der Waals surface area contributed by atoms with Crippen LogP contribution >= 0.6 is 0 Å². The maximum Gasteiger partial charge on any atom is 0.325 e. The molecule has 0 aliphatic rings. The highest BCUT2D eigenvalue weighted by Crippen LogP contribution is 2.13. The summed E-state index contributed by atoms with van der Waals surface area (Å²) >= 11 is 0. The van der Waals surface area contributed by atoms with E-state index in [-0.39, 0.29) is 0 Å². The molecule has 19 heavy (non-hydrogen) atoms. The summed E-state index contributed by atoms with van der Waals surface area (Å²) < 4.78 is 2.67. The van der Waals surface area contributed by atoms with Gasteiger partial charge in [0.05, 0.1) is 0 Å². The number of hydrogen-bond acceptors (Lipinski definition) is 4. The fourth-order valence-corrected chi connectivity index (χ4v) is 1.92. The van der Waals surface area contributed by atoms with Gasteiger partial charge in [0.1, 0.15) is 12.1 Å². The van der Waals surface area contributed by atoms with Gasteiger partial charge in [-0.25, -0.2) is 4.68 Å². The van der Waals surface area contributed by atoms with E-state index >= 15 is 0 Å². The number of rotatable bonds is 4. The van der Waals surface area contributed by atoms with Crippen molar-refractivity contribution in [3.05, 3.63) is 28.2 Å². The van der Waals surface area contributed by atoms with E-state index in [4.69, 9.17) is 5.11 Å². The first-order valence-electron chi connectivity index (χ1n) is 5.95. The summed E-state index contributed by atoms with van der Waals surface area (Å²) in [5, 5.41) is 12.9. The molecule has 0 aromatic carbocycles. The first kappa shape index (κ1) is 13.1. The largest absolute Gasteiger partial charge is 0.480 e. The summed E-state index contributed by atoms with van der Waals surface area (Å²) in [6.07, 6.45) is 2.65. The Balaban J connectivity index is 2.76. The van der Waals surface area contributed by atoms with Crippen molar-refractivity contribution in [1.82, 2.24) is 14.2 Å². The molecule has 102 valence electrons. The second-order valence-corrected chi connectivity index (χ2v) is 4.51. The van der Waals surface area contributed by atoms with Gasteiger partial charge >= 0.3 is 5.97 Å². The molecule has 0 saturated carbocycles. The van der Waals surface area contributed by atoms with Crippen molar-refractivity contribution < 1.29 is 9.90 Å². The summed E-state index contributed by atoms with van der Waals surface area (Å²) in [6.45, 7) is 1.55. The summed E-state index contributed by atoms with van der Waals surface area (Å²) in [5.41, 5.74) is 1.06. The molecule has 0 amide bonds. The van der Waals surface area contributed by atoms with E-state index in [2.05, 4.69) is 5.10 Å². The Morgan fingerprint density at radius 3 is 2.68 bits per heavy atom. The number of aromatic nitrogens is 3. The Labute approximate surface area is 109 Å². The molecule has 0 aliphatic heterocycles. The van der Waals surface area contributed by atoms with Crippen LogP contribution in [0.4, 0.5) is 5.95 Å². The number of carbonyl (C=O) groups is 1. The maximum atomic E-state index is 12.2. The van der Waals surface area contributed by atoms with Crippen molar-refractivity contribution in [1.29, 1.82) is 0 Å². The van der Waals surface area contributed by atoms with Gasteiger partial charge in [-0.05, 0) is 18.1 Å². The molecule has 0 unspecified atom stereocenters. The number of carboxylic acids is 1. The van der Waals surface area contributed by atoms with Crippen LogP contribution in [0.1, 0.15) is 12.5 Å². The summed E-state index contributed by atoms with van der Waals surface area (Å²) in [5.74, 6) is -0.568. The van der Waals surface area contributed by atoms with Crippen LogP contribution in [0.25, 0.3) is 5.52 Å². The number of nitrogens with zero attached hydrogens (tertiary/aromatic N) is 4. The molecule has 0 radical (unpaired) electrons. The second kappa shape index (κ2) is 4.75. The highest BCUT2D eigenvalue weighted by molar-refractivity contribution is 5.66. The molecular formula is C12H16N4O3. The third-order valence-electron chi connectivity index (χ3n) is 2.85. The minimum Gasteiger partial charge on any atom is -0.480 e. The zero-order chi connectivity index (χ0) is 14.2. The Kier molecular flexibility index (Phi) is 3.28. The van der Waals surface area contributed by atoms with Gasteiger partial charge < -0.3 is 10.0 Å². The van der Waals surface area contributed by atoms with Crippen molar-refractivity contribution in [2.75, 3.05) is 19.0 Å². The van der Waals surface area contributed by atoms with Crippen LogP contribution in [0, 0.1) is 0 Å². The molecule has 1 N–H and O–H groups in total. The molecule has 0 fully saturated rings. The first-order chi connectivity index (χ1) is 8.93. The van der Waals surface area contributed by atoms with E-state index in [1.165, 1.54) is 0 Å². The molecule has 0 aliphatic carbocycles. The number of fused-ring (bicyclic) bond motifs is 1. The Hall–Kier alpha value is -2.31. The van der Waals surface area contributed by atoms with Crippen LogP contribution < -0.4 is 10.5 Å². The summed E-state index contributed by atoms with van der Waals surface area (Å²) in [4.78, 5) is 24.7. The van der Waals surface area contributed by atoms with Gasteiger partial charge in [-0.1, -0.05) is 6.92 Å². The monoisotopic (exact) mass is 264 g/mol. The van der Waals surface area contributed by atoms with Crippen LogP contribution in [0.15, 0.2) is 17.1 Å². The zero-order valence-electron chi connectivity index (χ0n) is 11.1. The van der Waals surface area contributed by atoms with Crippen molar-refractivity contribution in [2.45, 2.75) is 19.9 Å². The fraction of sp³-hybridized carbons (Fsp3) is 0.417. The third-order valence-corrected chi connectivity index (χ3v) is 2.85. The van der Waals surface area contributed by atoms with E-state index in [9.17, 15) is 9.59 Å². The fourth-order valence-electron chi connectivity index (χ4n) is 1.92. The number of aryl methyl sites for hydroxylation is 1. The van der Waals surface area contributed by atoms with Gasteiger partial charge in [0.2, 0.25) is 5.95 Å². The smallest absolute Gasteiger partial charge is 0.325 e. The Morgan fingerprint density at radius 2 is 2.16 bits per heavy atom. The molecule has 2 rings (SSSR count). The van der Waals surface area contributed by atoms with Crippen molar-refractivity contribution in [3.63, 3.8) is 0 Å². The summed E-state index contributed by atoms with van der Waals surface area (Å²) in [7, 11) is 3.59. The van der Waals surface area contributed by atoms with Crippen LogP contribution in [0.5, 0.6) is 0 Å². The quantitative estimate of drug-likeness (QED) is 0.853. The lowest BCUT2D eigenvalue weighted by atomic mass is 10.3. The lowest BCUT2D eigenvalue weighted by Crippen LogP contribution is -2.31. The predicted octanol–water partition coefficient (Wildman–Crippen LogP) is 0.209. The number of carboxylic acid groups (broad SMARTS) is 1. The molecule has 2 heterocycles. The lowest BCUT2D eigenvalue weighted by Gasteiger charge is -2.15. The molecule has 0 spiro atoms. The van der Waals surface area contributed by atoms with Crippen LogP contribution in [0.2, 0.25) is 0 Å². The molecule has 7 nitrogen and oxygen atoms in total. The lowest BCUT2D eigenvalue weighted by molar-refractivity contribution is -0.137. The molecule has 7 heteroatoms. The van der Waals surface area contributed by atoms with Gasteiger partial charge in [0.25, 0.3) is 5.56 Å². The second-order valence-electron chi connectivity index (χ2n) is 4.51. The standard InChI is InChI=1S/C12H16N4O3/c1-4-8-5-9-11(19)16(7-10(17)18)13-12(14(2)3)15(9)6-8/h5-6H,4,7H2,1-3H3,(H,17,18). The van der Waals surface area contributed by atoms with E-state index in [1.54, 1.807) is 29.5 Å². The van der Waals surface area contributed by atoms with Crippen LogP contribution in [-0.4, -0.2) is 39.4 Å². The minimum atomic E-state index is -1.09. The average molecular weight is 264 g/mol. The van der Waals surface area contributed by atoms with Crippen molar-refractivity contribution in [3.8, 4) is 0 Å². The zero-order valence-corrected chi connectivity index (χ0v) is 11.1. The molecular weight excluding hydrogens is 248 g/mol. The van der Waals surface area contributed by atoms with Crippen LogP contribution in [-0.2, 0) is 17.8 Å². The molecule has 0 saturated heterocycles. The van der Waals surface area contributed by atoms with Gasteiger partial charge in [-0.15, -0.1) is 5.10 Å². The Bertz CT molecular complexity index is 684. The number of aliphatic carboxylic acids is 1. The van der Waals surface area contributed by atoms with E-state index in [1.807, 2.05) is 13.1 Å². The molecule has 2 aromatic rings. The topological polar surface area (TPSA) is 79.8 Å². The van der Waals surface area contributed by atoms with Gasteiger partial charge in [-0.2, -0.15) is 0 Å². The highest BCUT2D eigenvalue weighted by atomic mass is 16.4. The minimum absolute atomic E-state index is 0.396. The van der Waals surface area contributed by atoms with Gasteiger partial charge in [0, 0.05) is 20.3 Å².